The number of fused-ring (bicyclic) bond motifs is 1. The molecule has 0 saturated carbocycles. The van der Waals surface area contributed by atoms with Crippen LogP contribution in [-0.4, -0.2) is 43.8 Å². The van der Waals surface area contributed by atoms with E-state index in [2.05, 4.69) is 74.0 Å². The number of para-hydroxylation sites is 1. The van der Waals surface area contributed by atoms with Gasteiger partial charge in [0.1, 0.15) is 17.4 Å². The number of ether oxygens (including phenoxy) is 1. The average molecular weight is 447 g/mol. The zero-order valence-corrected chi connectivity index (χ0v) is 20.8. The summed E-state index contributed by atoms with van der Waals surface area (Å²) in [5, 5.41) is 1.17. The molecule has 1 fully saturated rings. The van der Waals surface area contributed by atoms with Gasteiger partial charge in [0.2, 0.25) is 0 Å². The van der Waals surface area contributed by atoms with Crippen molar-refractivity contribution in [2.45, 2.75) is 58.3 Å². The molecule has 1 aliphatic rings. The van der Waals surface area contributed by atoms with Gasteiger partial charge in [-0.3, -0.25) is 0 Å². The predicted octanol–water partition coefficient (Wildman–Crippen LogP) is 6.38. The summed E-state index contributed by atoms with van der Waals surface area (Å²) < 4.78 is 5.64. The Kier molecular flexibility index (Phi) is 7.36. The molecule has 0 N–H and O–H groups in total. The van der Waals surface area contributed by atoms with Crippen LogP contribution in [0.5, 0.6) is 5.75 Å². The Morgan fingerprint density at radius 1 is 1.09 bits per heavy atom. The van der Waals surface area contributed by atoms with E-state index in [-0.39, 0.29) is 0 Å². The van der Waals surface area contributed by atoms with Crippen molar-refractivity contribution < 1.29 is 4.74 Å². The summed E-state index contributed by atoms with van der Waals surface area (Å²) in [6, 6.07) is 15.1. The molecule has 0 amide bonds. The number of benzene rings is 2. The van der Waals surface area contributed by atoms with E-state index in [4.69, 9.17) is 14.7 Å². The lowest BCUT2D eigenvalue weighted by Crippen LogP contribution is -2.34. The van der Waals surface area contributed by atoms with Gasteiger partial charge in [-0.05, 0) is 61.4 Å². The lowest BCUT2D eigenvalue weighted by Gasteiger charge is -2.34. The van der Waals surface area contributed by atoms with Crippen LogP contribution in [0.1, 0.15) is 69.7 Å². The fourth-order valence-electron chi connectivity index (χ4n) is 4.87. The topological polar surface area (TPSA) is 41.5 Å². The first-order chi connectivity index (χ1) is 16.0. The Labute approximate surface area is 198 Å². The van der Waals surface area contributed by atoms with Crippen LogP contribution in [0.25, 0.3) is 10.9 Å². The second-order valence-corrected chi connectivity index (χ2v) is 9.34. The zero-order chi connectivity index (χ0) is 23.4. The Bertz CT molecular complexity index is 1070. The maximum absolute atomic E-state index is 5.64. The normalized spacial score (nSPS) is 15.6. The van der Waals surface area contributed by atoms with Crippen molar-refractivity contribution in [2.75, 3.05) is 43.6 Å². The Hall–Kier alpha value is -2.82. The molecule has 5 heteroatoms. The fourth-order valence-corrected chi connectivity index (χ4v) is 4.87. The second-order valence-electron chi connectivity index (χ2n) is 9.34. The first-order valence-electron chi connectivity index (χ1n) is 12.5. The van der Waals surface area contributed by atoms with E-state index in [1.165, 1.54) is 16.6 Å². The summed E-state index contributed by atoms with van der Waals surface area (Å²) in [5.41, 5.74) is 3.61. The molecule has 0 radical (unpaired) electrons. The third-order valence-electron chi connectivity index (χ3n) is 7.10. The maximum Gasteiger partial charge on any atom is 0.140 e. The molecule has 33 heavy (non-hydrogen) atoms. The molecule has 176 valence electrons. The standard InChI is InChI=1S/C28H38N4O/c1-6-16-31(4)22-12-13-25-24(19-22)28(30-27(29-25)20(3)7-2)32-17-14-21(15-18-32)23-10-8-9-11-26(23)33-5/h8-13,19-21H,6-7,14-18H2,1-5H3. The van der Waals surface area contributed by atoms with Crippen LogP contribution in [-0.2, 0) is 0 Å². The summed E-state index contributed by atoms with van der Waals surface area (Å²) in [5.74, 6) is 3.93. The van der Waals surface area contributed by atoms with E-state index >= 15 is 0 Å². The van der Waals surface area contributed by atoms with Crippen molar-refractivity contribution in [1.82, 2.24) is 9.97 Å². The van der Waals surface area contributed by atoms with Crippen LogP contribution >= 0.6 is 0 Å². The second kappa shape index (κ2) is 10.4. The van der Waals surface area contributed by atoms with Crippen molar-refractivity contribution >= 4 is 22.4 Å². The van der Waals surface area contributed by atoms with Gasteiger partial charge in [-0.2, -0.15) is 0 Å². The smallest absolute Gasteiger partial charge is 0.140 e. The Morgan fingerprint density at radius 2 is 1.85 bits per heavy atom. The highest BCUT2D eigenvalue weighted by atomic mass is 16.5. The SMILES string of the molecule is CCCN(C)c1ccc2nc(C(C)CC)nc(N3CCC(c4ccccc4OC)CC3)c2c1. The fraction of sp³-hybridized carbons (Fsp3) is 0.500. The highest BCUT2D eigenvalue weighted by Gasteiger charge is 2.26. The van der Waals surface area contributed by atoms with E-state index in [9.17, 15) is 0 Å². The van der Waals surface area contributed by atoms with Crippen LogP contribution in [0, 0.1) is 0 Å². The number of hydrogen-bond donors (Lipinski definition) is 0. The predicted molar refractivity (Wildman–Crippen MR) is 139 cm³/mol. The summed E-state index contributed by atoms with van der Waals surface area (Å²) in [6.45, 7) is 9.67. The molecule has 0 spiro atoms. The van der Waals surface area contributed by atoms with Crippen LogP contribution < -0.4 is 14.5 Å². The number of piperidine rings is 1. The van der Waals surface area contributed by atoms with Crippen LogP contribution in [0.15, 0.2) is 42.5 Å². The summed E-state index contributed by atoms with van der Waals surface area (Å²) in [7, 11) is 3.93. The minimum absolute atomic E-state index is 0.349. The minimum atomic E-state index is 0.349. The van der Waals surface area contributed by atoms with E-state index in [0.29, 0.717) is 11.8 Å². The largest absolute Gasteiger partial charge is 0.496 e. The van der Waals surface area contributed by atoms with E-state index in [1.54, 1.807) is 7.11 Å². The number of rotatable bonds is 8. The molecule has 1 saturated heterocycles. The summed E-state index contributed by atoms with van der Waals surface area (Å²) in [6.07, 6.45) is 4.36. The summed E-state index contributed by atoms with van der Waals surface area (Å²) >= 11 is 0. The first-order valence-corrected chi connectivity index (χ1v) is 12.5. The molecule has 3 aromatic rings. The Morgan fingerprint density at radius 3 is 2.55 bits per heavy atom. The first kappa shape index (κ1) is 23.3. The molecule has 1 atom stereocenters. The molecule has 1 aromatic heterocycles. The van der Waals surface area contributed by atoms with Gasteiger partial charge in [0.05, 0.1) is 12.6 Å². The summed E-state index contributed by atoms with van der Waals surface area (Å²) in [4.78, 5) is 14.9. The van der Waals surface area contributed by atoms with Gasteiger partial charge >= 0.3 is 0 Å². The van der Waals surface area contributed by atoms with Crippen LogP contribution in [0.3, 0.4) is 0 Å². The molecule has 0 aliphatic carbocycles. The zero-order valence-electron chi connectivity index (χ0n) is 20.8. The van der Waals surface area contributed by atoms with Gasteiger partial charge in [0, 0.05) is 43.7 Å². The van der Waals surface area contributed by atoms with Crippen molar-refractivity contribution in [1.29, 1.82) is 0 Å². The highest BCUT2D eigenvalue weighted by molar-refractivity contribution is 5.92. The van der Waals surface area contributed by atoms with Crippen molar-refractivity contribution in [2.24, 2.45) is 0 Å². The van der Waals surface area contributed by atoms with E-state index in [1.807, 2.05) is 6.07 Å². The minimum Gasteiger partial charge on any atom is -0.496 e. The molecular weight excluding hydrogens is 408 g/mol. The van der Waals surface area contributed by atoms with E-state index < -0.39 is 0 Å². The van der Waals surface area contributed by atoms with Gasteiger partial charge in [-0.15, -0.1) is 0 Å². The third kappa shape index (κ3) is 4.92. The number of aromatic nitrogens is 2. The Balaban J connectivity index is 1.67. The van der Waals surface area contributed by atoms with Crippen LogP contribution in [0.4, 0.5) is 11.5 Å². The molecule has 2 heterocycles. The number of methoxy groups -OCH3 is 1. The number of anilines is 2. The third-order valence-corrected chi connectivity index (χ3v) is 7.10. The molecule has 4 rings (SSSR count). The average Bonchev–Trinajstić information content (AvgIpc) is 2.87. The quantitative estimate of drug-likeness (QED) is 0.401. The maximum atomic E-state index is 5.64. The number of nitrogens with zero attached hydrogens (tertiary/aromatic N) is 4. The van der Waals surface area contributed by atoms with Crippen molar-refractivity contribution in [3.8, 4) is 5.75 Å². The van der Waals surface area contributed by atoms with Gasteiger partial charge in [0.25, 0.3) is 0 Å². The molecular formula is C28H38N4O. The van der Waals surface area contributed by atoms with Gasteiger partial charge < -0.3 is 14.5 Å². The van der Waals surface area contributed by atoms with Crippen LogP contribution in [0.2, 0.25) is 0 Å². The highest BCUT2D eigenvalue weighted by Crippen LogP contribution is 2.37. The molecule has 1 unspecified atom stereocenters. The van der Waals surface area contributed by atoms with Gasteiger partial charge in [-0.1, -0.05) is 39.0 Å². The lowest BCUT2D eigenvalue weighted by atomic mass is 9.88. The molecule has 2 aromatic carbocycles. The number of hydrogen-bond acceptors (Lipinski definition) is 5. The van der Waals surface area contributed by atoms with Crippen molar-refractivity contribution in [3.63, 3.8) is 0 Å². The molecule has 5 nitrogen and oxygen atoms in total. The van der Waals surface area contributed by atoms with Gasteiger partial charge in [0.15, 0.2) is 0 Å². The van der Waals surface area contributed by atoms with Gasteiger partial charge in [-0.25, -0.2) is 9.97 Å². The molecule has 0 bridgehead atoms. The monoisotopic (exact) mass is 446 g/mol. The lowest BCUT2D eigenvalue weighted by molar-refractivity contribution is 0.397. The van der Waals surface area contributed by atoms with Crippen molar-refractivity contribution in [3.05, 3.63) is 53.9 Å². The van der Waals surface area contributed by atoms with E-state index in [0.717, 1.165) is 68.2 Å². The molecule has 1 aliphatic heterocycles.